The van der Waals surface area contributed by atoms with Gasteiger partial charge >= 0.3 is 5.97 Å². The third-order valence-corrected chi connectivity index (χ3v) is 3.88. The lowest BCUT2D eigenvalue weighted by Crippen LogP contribution is -2.32. The minimum Gasteiger partial charge on any atom is -0.478 e. The Kier molecular flexibility index (Phi) is 6.58. The highest BCUT2D eigenvalue weighted by Crippen LogP contribution is 2.24. The first-order valence-electron chi connectivity index (χ1n) is 6.68. The molecular formula is C15H21NO3S. The highest BCUT2D eigenvalue weighted by atomic mass is 32.2. The molecule has 0 fully saturated rings. The van der Waals surface area contributed by atoms with Gasteiger partial charge in [-0.25, -0.2) is 4.79 Å². The van der Waals surface area contributed by atoms with Crippen molar-refractivity contribution >= 4 is 23.6 Å². The molecule has 0 aromatic heterocycles. The van der Waals surface area contributed by atoms with Crippen molar-refractivity contribution in [1.82, 2.24) is 5.32 Å². The summed E-state index contributed by atoms with van der Waals surface area (Å²) in [6.07, 6.45) is 0.956. The van der Waals surface area contributed by atoms with Gasteiger partial charge < -0.3 is 10.4 Å². The minimum absolute atomic E-state index is 0.0172. The van der Waals surface area contributed by atoms with Crippen LogP contribution in [-0.2, 0) is 4.79 Å². The van der Waals surface area contributed by atoms with E-state index in [4.69, 9.17) is 5.11 Å². The van der Waals surface area contributed by atoms with E-state index < -0.39 is 5.97 Å². The second-order valence-electron chi connectivity index (χ2n) is 5.07. The fraction of sp³-hybridized carbons (Fsp3) is 0.467. The SMILES string of the molecule is CC(C)CCNC(=O)C(C)Sc1cccc(C(=O)O)c1. The molecule has 0 heterocycles. The number of nitrogens with one attached hydrogen (secondary N) is 1. The number of rotatable bonds is 7. The Bertz CT molecular complexity index is 474. The normalized spacial score (nSPS) is 12.2. The van der Waals surface area contributed by atoms with Gasteiger partial charge in [0.15, 0.2) is 0 Å². The van der Waals surface area contributed by atoms with Crippen molar-refractivity contribution in [2.75, 3.05) is 6.54 Å². The molecule has 0 aliphatic rings. The molecule has 1 unspecified atom stereocenters. The molecule has 0 aliphatic carbocycles. The van der Waals surface area contributed by atoms with E-state index in [1.807, 2.05) is 13.0 Å². The summed E-state index contributed by atoms with van der Waals surface area (Å²) in [5.74, 6) is -0.414. The van der Waals surface area contributed by atoms with Crippen LogP contribution in [-0.4, -0.2) is 28.8 Å². The smallest absolute Gasteiger partial charge is 0.335 e. The van der Waals surface area contributed by atoms with Crippen molar-refractivity contribution in [2.24, 2.45) is 5.92 Å². The van der Waals surface area contributed by atoms with Crippen molar-refractivity contribution in [1.29, 1.82) is 0 Å². The molecule has 1 aromatic carbocycles. The third-order valence-electron chi connectivity index (χ3n) is 2.78. The molecule has 5 heteroatoms. The van der Waals surface area contributed by atoms with E-state index >= 15 is 0 Å². The van der Waals surface area contributed by atoms with Gasteiger partial charge in [0.1, 0.15) is 0 Å². The number of aromatic carboxylic acids is 1. The molecule has 0 aliphatic heterocycles. The van der Waals surface area contributed by atoms with Gasteiger partial charge in [-0.05, 0) is 37.5 Å². The van der Waals surface area contributed by atoms with Crippen LogP contribution >= 0.6 is 11.8 Å². The van der Waals surface area contributed by atoms with E-state index in [9.17, 15) is 9.59 Å². The molecule has 20 heavy (non-hydrogen) atoms. The Labute approximate surface area is 124 Å². The number of carboxylic acid groups (broad SMARTS) is 1. The summed E-state index contributed by atoms with van der Waals surface area (Å²) in [6.45, 7) is 6.73. The lowest BCUT2D eigenvalue weighted by atomic mass is 10.1. The van der Waals surface area contributed by atoms with Gasteiger partial charge in [0.2, 0.25) is 5.91 Å². The predicted octanol–water partition coefficient (Wildman–Crippen LogP) is 3.03. The zero-order valence-electron chi connectivity index (χ0n) is 12.1. The van der Waals surface area contributed by atoms with Crippen molar-refractivity contribution in [2.45, 2.75) is 37.3 Å². The quantitative estimate of drug-likeness (QED) is 0.759. The van der Waals surface area contributed by atoms with Crippen LogP contribution in [0.1, 0.15) is 37.6 Å². The zero-order chi connectivity index (χ0) is 15.1. The standard InChI is InChI=1S/C15H21NO3S/c1-10(2)7-8-16-14(17)11(3)20-13-6-4-5-12(9-13)15(18)19/h4-6,9-11H,7-8H2,1-3H3,(H,16,17)(H,18,19). The van der Waals surface area contributed by atoms with Gasteiger partial charge in [0, 0.05) is 11.4 Å². The van der Waals surface area contributed by atoms with Crippen LogP contribution in [0.15, 0.2) is 29.2 Å². The van der Waals surface area contributed by atoms with Crippen LogP contribution in [0.4, 0.5) is 0 Å². The number of benzene rings is 1. The van der Waals surface area contributed by atoms with Crippen LogP contribution in [0, 0.1) is 5.92 Å². The van der Waals surface area contributed by atoms with Gasteiger partial charge in [-0.2, -0.15) is 0 Å². The molecule has 0 spiro atoms. The van der Waals surface area contributed by atoms with E-state index in [2.05, 4.69) is 19.2 Å². The van der Waals surface area contributed by atoms with Gasteiger partial charge in [0.05, 0.1) is 10.8 Å². The highest BCUT2D eigenvalue weighted by Gasteiger charge is 2.14. The first kappa shape index (κ1) is 16.6. The predicted molar refractivity (Wildman–Crippen MR) is 81.2 cm³/mol. The Morgan fingerprint density at radius 1 is 1.30 bits per heavy atom. The first-order chi connectivity index (χ1) is 9.40. The van der Waals surface area contributed by atoms with Crippen LogP contribution in [0.2, 0.25) is 0 Å². The summed E-state index contributed by atoms with van der Waals surface area (Å²) in [7, 11) is 0. The van der Waals surface area contributed by atoms with Crippen molar-refractivity contribution in [3.05, 3.63) is 29.8 Å². The zero-order valence-corrected chi connectivity index (χ0v) is 12.9. The Balaban J connectivity index is 2.52. The van der Waals surface area contributed by atoms with Crippen molar-refractivity contribution in [3.8, 4) is 0 Å². The number of hydrogen-bond donors (Lipinski definition) is 2. The molecule has 0 radical (unpaired) electrons. The third kappa shape index (κ3) is 5.65. The highest BCUT2D eigenvalue weighted by molar-refractivity contribution is 8.00. The molecule has 1 rings (SSSR count). The molecule has 2 N–H and O–H groups in total. The molecular weight excluding hydrogens is 274 g/mol. The van der Waals surface area contributed by atoms with Crippen LogP contribution in [0.5, 0.6) is 0 Å². The van der Waals surface area contributed by atoms with E-state index in [1.54, 1.807) is 18.2 Å². The largest absolute Gasteiger partial charge is 0.478 e. The number of carbonyl (C=O) groups is 2. The number of amides is 1. The molecule has 110 valence electrons. The minimum atomic E-state index is -0.957. The van der Waals surface area contributed by atoms with E-state index in [0.29, 0.717) is 12.5 Å². The summed E-state index contributed by atoms with van der Waals surface area (Å²) in [5.41, 5.74) is 0.238. The number of carbonyl (C=O) groups excluding carboxylic acids is 1. The number of thioether (sulfide) groups is 1. The number of hydrogen-bond acceptors (Lipinski definition) is 3. The summed E-state index contributed by atoms with van der Waals surface area (Å²) >= 11 is 1.37. The van der Waals surface area contributed by atoms with Crippen LogP contribution < -0.4 is 5.32 Å². The lowest BCUT2D eigenvalue weighted by Gasteiger charge is -2.13. The molecule has 0 saturated carbocycles. The fourth-order valence-corrected chi connectivity index (χ4v) is 2.54. The monoisotopic (exact) mass is 295 g/mol. The lowest BCUT2D eigenvalue weighted by molar-refractivity contribution is -0.120. The molecule has 4 nitrogen and oxygen atoms in total. The second kappa shape index (κ2) is 7.94. The van der Waals surface area contributed by atoms with E-state index in [-0.39, 0.29) is 16.7 Å². The van der Waals surface area contributed by atoms with Gasteiger partial charge in [-0.3, -0.25) is 4.79 Å². The summed E-state index contributed by atoms with van der Waals surface area (Å²) in [5, 5.41) is 11.6. The van der Waals surface area contributed by atoms with E-state index in [1.165, 1.54) is 11.8 Å². The second-order valence-corrected chi connectivity index (χ2v) is 6.48. The summed E-state index contributed by atoms with van der Waals surface area (Å²) in [6, 6.07) is 6.63. The van der Waals surface area contributed by atoms with Gasteiger partial charge in [-0.15, -0.1) is 11.8 Å². The maximum Gasteiger partial charge on any atom is 0.335 e. The number of carboxylic acids is 1. The summed E-state index contributed by atoms with van der Waals surface area (Å²) < 4.78 is 0. The fourth-order valence-electron chi connectivity index (χ4n) is 1.59. The van der Waals surface area contributed by atoms with E-state index in [0.717, 1.165) is 11.3 Å². The van der Waals surface area contributed by atoms with Gasteiger partial charge in [0.25, 0.3) is 0 Å². The average Bonchev–Trinajstić information content (AvgIpc) is 2.38. The Morgan fingerprint density at radius 3 is 2.60 bits per heavy atom. The Morgan fingerprint density at radius 2 is 2.00 bits per heavy atom. The first-order valence-corrected chi connectivity index (χ1v) is 7.56. The molecule has 1 atom stereocenters. The maximum absolute atomic E-state index is 11.9. The maximum atomic E-state index is 11.9. The van der Waals surface area contributed by atoms with Gasteiger partial charge in [-0.1, -0.05) is 19.9 Å². The molecule has 0 saturated heterocycles. The summed E-state index contributed by atoms with van der Waals surface area (Å²) in [4.78, 5) is 23.6. The molecule has 1 amide bonds. The van der Waals surface area contributed by atoms with Crippen LogP contribution in [0.25, 0.3) is 0 Å². The van der Waals surface area contributed by atoms with Crippen LogP contribution in [0.3, 0.4) is 0 Å². The topological polar surface area (TPSA) is 66.4 Å². The van der Waals surface area contributed by atoms with Crippen molar-refractivity contribution < 1.29 is 14.7 Å². The molecule has 1 aromatic rings. The average molecular weight is 295 g/mol. The molecule has 0 bridgehead atoms. The Hall–Kier alpha value is -1.49. The van der Waals surface area contributed by atoms with Crippen molar-refractivity contribution in [3.63, 3.8) is 0 Å².